The number of piperidine rings is 1. The van der Waals surface area contributed by atoms with E-state index in [1.807, 2.05) is 29.3 Å². The van der Waals surface area contributed by atoms with Crippen LogP contribution in [-0.2, 0) is 11.3 Å². The van der Waals surface area contributed by atoms with Gasteiger partial charge in [-0.05, 0) is 64.5 Å². The Labute approximate surface area is 157 Å². The molecule has 144 valence electrons. The quantitative estimate of drug-likeness (QED) is 0.493. The fraction of sp³-hybridized carbons (Fsp3) is 0.619. The predicted molar refractivity (Wildman–Crippen MR) is 105 cm³/mol. The zero-order valence-corrected chi connectivity index (χ0v) is 16.7. The Bertz CT molecular complexity index is 632. The van der Waals surface area contributed by atoms with Crippen LogP contribution in [0.3, 0.4) is 0 Å². The van der Waals surface area contributed by atoms with Crippen LogP contribution < -0.4 is 0 Å². The van der Waals surface area contributed by atoms with E-state index in [0.717, 1.165) is 37.7 Å². The van der Waals surface area contributed by atoms with Crippen LogP contribution in [-0.4, -0.2) is 27.7 Å². The molecule has 0 saturated carbocycles. The molecular formula is C21H32N2O3. The SMILES string of the molecule is CCCc1ccc(/C=C(\CON2C(C)(C)CCCC2(C)C)[N+](=O)[O-])cc1. The van der Waals surface area contributed by atoms with Crippen LogP contribution >= 0.6 is 0 Å². The molecule has 0 aromatic heterocycles. The number of benzene rings is 1. The molecule has 1 aromatic rings. The molecule has 0 spiro atoms. The van der Waals surface area contributed by atoms with E-state index < -0.39 is 0 Å². The highest BCUT2D eigenvalue weighted by Gasteiger charge is 2.43. The molecule has 1 heterocycles. The second-order valence-electron chi connectivity index (χ2n) is 8.43. The molecule has 0 atom stereocenters. The van der Waals surface area contributed by atoms with Gasteiger partial charge in [-0.3, -0.25) is 15.0 Å². The Morgan fingerprint density at radius 3 is 2.27 bits per heavy atom. The van der Waals surface area contributed by atoms with Crippen molar-refractivity contribution in [3.63, 3.8) is 0 Å². The number of hydrogen-bond acceptors (Lipinski definition) is 4. The maximum Gasteiger partial charge on any atom is 0.274 e. The number of nitrogens with zero attached hydrogens (tertiary/aromatic N) is 2. The molecule has 5 nitrogen and oxygen atoms in total. The van der Waals surface area contributed by atoms with Crippen molar-refractivity contribution in [3.8, 4) is 0 Å². The molecule has 0 aliphatic carbocycles. The maximum atomic E-state index is 11.5. The first-order valence-corrected chi connectivity index (χ1v) is 9.53. The third kappa shape index (κ3) is 5.15. The van der Waals surface area contributed by atoms with Gasteiger partial charge in [-0.2, -0.15) is 5.06 Å². The van der Waals surface area contributed by atoms with Crippen LogP contribution in [0, 0.1) is 10.1 Å². The van der Waals surface area contributed by atoms with Crippen molar-refractivity contribution >= 4 is 6.08 Å². The van der Waals surface area contributed by atoms with Gasteiger partial charge in [-0.15, -0.1) is 0 Å². The van der Waals surface area contributed by atoms with Gasteiger partial charge in [0, 0.05) is 17.2 Å². The third-order valence-corrected chi connectivity index (χ3v) is 5.10. The van der Waals surface area contributed by atoms with Gasteiger partial charge in [0.1, 0.15) is 0 Å². The normalized spacial score (nSPS) is 20.1. The van der Waals surface area contributed by atoms with Crippen LogP contribution in [0.2, 0.25) is 0 Å². The molecule has 0 bridgehead atoms. The van der Waals surface area contributed by atoms with E-state index in [1.54, 1.807) is 6.08 Å². The van der Waals surface area contributed by atoms with E-state index in [9.17, 15) is 10.1 Å². The molecule has 1 saturated heterocycles. The summed E-state index contributed by atoms with van der Waals surface area (Å²) in [4.78, 5) is 17.2. The summed E-state index contributed by atoms with van der Waals surface area (Å²) in [6, 6.07) is 7.93. The van der Waals surface area contributed by atoms with Crippen molar-refractivity contribution in [1.82, 2.24) is 5.06 Å². The first kappa shape index (κ1) is 20.6. The van der Waals surface area contributed by atoms with E-state index in [1.165, 1.54) is 5.56 Å². The summed E-state index contributed by atoms with van der Waals surface area (Å²) in [5.41, 5.74) is 1.89. The molecule has 2 rings (SSSR count). The number of hydroxylamine groups is 2. The Morgan fingerprint density at radius 1 is 1.19 bits per heavy atom. The summed E-state index contributed by atoms with van der Waals surface area (Å²) >= 11 is 0. The van der Waals surface area contributed by atoms with Crippen LogP contribution in [0.1, 0.15) is 71.4 Å². The van der Waals surface area contributed by atoms with Crippen LogP contribution in [0.4, 0.5) is 0 Å². The minimum absolute atomic E-state index is 0.0312. The van der Waals surface area contributed by atoms with Gasteiger partial charge in [0.25, 0.3) is 5.70 Å². The first-order valence-electron chi connectivity index (χ1n) is 9.53. The lowest BCUT2D eigenvalue weighted by Crippen LogP contribution is -2.58. The molecule has 1 aromatic carbocycles. The average Bonchev–Trinajstić information content (AvgIpc) is 2.54. The fourth-order valence-electron chi connectivity index (χ4n) is 3.86. The Kier molecular flexibility index (Phi) is 6.58. The van der Waals surface area contributed by atoms with Gasteiger partial charge in [0.15, 0.2) is 6.61 Å². The lowest BCUT2D eigenvalue weighted by molar-refractivity contribution is -0.436. The summed E-state index contributed by atoms with van der Waals surface area (Å²) in [6.45, 7) is 10.6. The molecule has 1 aliphatic heterocycles. The van der Waals surface area contributed by atoms with Crippen molar-refractivity contribution in [2.75, 3.05) is 6.61 Å². The second kappa shape index (κ2) is 8.31. The van der Waals surface area contributed by atoms with Crippen molar-refractivity contribution in [1.29, 1.82) is 0 Å². The van der Waals surface area contributed by atoms with Gasteiger partial charge in [-0.1, -0.05) is 37.6 Å². The monoisotopic (exact) mass is 360 g/mol. The minimum Gasteiger partial charge on any atom is -0.287 e. The number of rotatable bonds is 7. The topological polar surface area (TPSA) is 55.6 Å². The lowest BCUT2D eigenvalue weighted by Gasteiger charge is -2.51. The largest absolute Gasteiger partial charge is 0.287 e. The Balaban J connectivity index is 2.13. The van der Waals surface area contributed by atoms with Gasteiger partial charge >= 0.3 is 0 Å². The minimum atomic E-state index is -0.343. The summed E-state index contributed by atoms with van der Waals surface area (Å²) in [5, 5.41) is 13.5. The van der Waals surface area contributed by atoms with E-state index in [0.29, 0.717) is 0 Å². The summed E-state index contributed by atoms with van der Waals surface area (Å²) in [6.07, 6.45) is 6.90. The molecule has 0 amide bonds. The zero-order valence-electron chi connectivity index (χ0n) is 16.7. The molecule has 0 N–H and O–H groups in total. The lowest BCUT2D eigenvalue weighted by atomic mass is 9.82. The van der Waals surface area contributed by atoms with Crippen molar-refractivity contribution in [2.45, 2.75) is 77.8 Å². The second-order valence-corrected chi connectivity index (χ2v) is 8.43. The predicted octanol–water partition coefficient (Wildman–Crippen LogP) is 5.23. The molecule has 0 unspecified atom stereocenters. The number of nitro groups is 1. The Morgan fingerprint density at radius 2 is 1.77 bits per heavy atom. The van der Waals surface area contributed by atoms with Crippen molar-refractivity contribution in [2.24, 2.45) is 0 Å². The first-order chi connectivity index (χ1) is 12.2. The average molecular weight is 360 g/mol. The van der Waals surface area contributed by atoms with Gasteiger partial charge in [-0.25, -0.2) is 0 Å². The molecule has 1 fully saturated rings. The van der Waals surface area contributed by atoms with Gasteiger partial charge in [0.2, 0.25) is 0 Å². The van der Waals surface area contributed by atoms with E-state index >= 15 is 0 Å². The van der Waals surface area contributed by atoms with Crippen LogP contribution in [0.15, 0.2) is 30.0 Å². The number of aryl methyl sites for hydroxylation is 1. The van der Waals surface area contributed by atoms with Crippen molar-refractivity contribution in [3.05, 3.63) is 51.2 Å². The zero-order chi connectivity index (χ0) is 19.4. The Hall–Kier alpha value is -1.72. The van der Waals surface area contributed by atoms with E-state index in [2.05, 4.69) is 34.6 Å². The number of hydrogen-bond donors (Lipinski definition) is 0. The highest BCUT2D eigenvalue weighted by Crippen LogP contribution is 2.38. The molecule has 1 aliphatic rings. The highest BCUT2D eigenvalue weighted by molar-refractivity contribution is 5.51. The third-order valence-electron chi connectivity index (χ3n) is 5.10. The molecular weight excluding hydrogens is 328 g/mol. The van der Waals surface area contributed by atoms with Crippen LogP contribution in [0.5, 0.6) is 0 Å². The molecule has 0 radical (unpaired) electrons. The standard InChI is InChI=1S/C21H32N2O3/c1-6-8-17-9-11-18(12-10-17)15-19(22(24)25)16-26-23-20(2,3)13-7-14-21(23,4)5/h9-12,15H,6-8,13-14,16H2,1-5H3/b19-15+. The van der Waals surface area contributed by atoms with E-state index in [-0.39, 0.29) is 28.3 Å². The van der Waals surface area contributed by atoms with Crippen molar-refractivity contribution < 1.29 is 9.76 Å². The van der Waals surface area contributed by atoms with Gasteiger partial charge in [0.05, 0.1) is 4.92 Å². The van der Waals surface area contributed by atoms with Gasteiger partial charge < -0.3 is 0 Å². The smallest absolute Gasteiger partial charge is 0.274 e. The van der Waals surface area contributed by atoms with E-state index in [4.69, 9.17) is 4.84 Å². The summed E-state index contributed by atoms with van der Waals surface area (Å²) in [5.74, 6) is 0. The molecule has 26 heavy (non-hydrogen) atoms. The highest BCUT2D eigenvalue weighted by atomic mass is 16.7. The summed E-state index contributed by atoms with van der Waals surface area (Å²) < 4.78 is 0. The summed E-state index contributed by atoms with van der Waals surface area (Å²) in [7, 11) is 0. The van der Waals surface area contributed by atoms with Crippen LogP contribution in [0.25, 0.3) is 6.08 Å². The fourth-order valence-corrected chi connectivity index (χ4v) is 3.86. The maximum absolute atomic E-state index is 11.5. The molecule has 5 heteroatoms.